The molecule has 1 fully saturated rings. The second-order valence-corrected chi connectivity index (χ2v) is 8.40. The Morgan fingerprint density at radius 2 is 2.05 bits per heavy atom. The van der Waals surface area contributed by atoms with Gasteiger partial charge < -0.3 is 10.5 Å². The van der Waals surface area contributed by atoms with E-state index in [9.17, 15) is 0 Å². The van der Waals surface area contributed by atoms with E-state index >= 15 is 0 Å². The van der Waals surface area contributed by atoms with Crippen LogP contribution in [-0.2, 0) is 0 Å². The Labute approximate surface area is 133 Å². The maximum absolute atomic E-state index is 6.35. The van der Waals surface area contributed by atoms with Crippen molar-refractivity contribution in [3.05, 3.63) is 49.0 Å². The van der Waals surface area contributed by atoms with E-state index in [4.69, 9.17) is 10.5 Å². The molecule has 100 valence electrons. The molecule has 2 aromatic rings. The fraction of sp³-hybridized carbons (Fsp3) is 0.286. The first-order valence-corrected chi connectivity index (χ1v) is 8.50. The average Bonchev–Trinajstić information content (AvgIpc) is 3.13. The number of ether oxygens (including phenoxy) is 1. The van der Waals surface area contributed by atoms with Crippen molar-refractivity contribution in [1.82, 2.24) is 0 Å². The number of hydrogen-bond acceptors (Lipinski definition) is 3. The van der Waals surface area contributed by atoms with Crippen LogP contribution in [0.1, 0.15) is 30.0 Å². The van der Waals surface area contributed by atoms with Gasteiger partial charge in [0.1, 0.15) is 5.75 Å². The minimum atomic E-state index is -0.139. The zero-order valence-corrected chi connectivity index (χ0v) is 14.1. The maximum atomic E-state index is 6.35. The van der Waals surface area contributed by atoms with E-state index in [1.165, 1.54) is 12.8 Å². The van der Waals surface area contributed by atoms with Crippen LogP contribution in [-0.4, -0.2) is 6.10 Å². The lowest BCUT2D eigenvalue weighted by atomic mass is 10.0. The highest BCUT2D eigenvalue weighted by atomic mass is 79.9. The second-order valence-electron chi connectivity index (χ2n) is 4.65. The van der Waals surface area contributed by atoms with E-state index < -0.39 is 0 Å². The van der Waals surface area contributed by atoms with Crippen LogP contribution >= 0.6 is 43.2 Å². The summed E-state index contributed by atoms with van der Waals surface area (Å²) in [5, 5.41) is 0. The summed E-state index contributed by atoms with van der Waals surface area (Å²) in [6, 6.07) is 10.0. The van der Waals surface area contributed by atoms with Crippen molar-refractivity contribution in [3.8, 4) is 5.75 Å². The summed E-state index contributed by atoms with van der Waals surface area (Å²) >= 11 is 8.69. The van der Waals surface area contributed by atoms with Gasteiger partial charge in [-0.25, -0.2) is 0 Å². The highest BCUT2D eigenvalue weighted by molar-refractivity contribution is 9.12. The number of benzene rings is 1. The van der Waals surface area contributed by atoms with E-state index in [0.29, 0.717) is 6.10 Å². The molecular formula is C14H13Br2NOS. The standard InChI is InChI=1S/C14H13Br2NOS/c15-12-7-11(14(16)19-12)13(17)8-2-1-3-10(6-8)18-9-4-5-9/h1-3,6-7,9,13H,4-5,17H2. The molecule has 1 unspecified atom stereocenters. The van der Waals surface area contributed by atoms with Gasteiger partial charge in [-0.05, 0) is 74.0 Å². The molecule has 1 aromatic carbocycles. The summed E-state index contributed by atoms with van der Waals surface area (Å²) in [5.74, 6) is 0.917. The molecule has 0 aliphatic heterocycles. The van der Waals surface area contributed by atoms with E-state index in [1.807, 2.05) is 24.3 Å². The van der Waals surface area contributed by atoms with Gasteiger partial charge in [0.15, 0.2) is 0 Å². The molecule has 2 nitrogen and oxygen atoms in total. The predicted molar refractivity (Wildman–Crippen MR) is 85.8 cm³/mol. The molecule has 0 amide bonds. The van der Waals surface area contributed by atoms with Gasteiger partial charge in [-0.2, -0.15) is 0 Å². The number of thiophene rings is 1. The van der Waals surface area contributed by atoms with Gasteiger partial charge in [-0.15, -0.1) is 11.3 Å². The van der Waals surface area contributed by atoms with Gasteiger partial charge >= 0.3 is 0 Å². The predicted octanol–water partition coefficient (Wildman–Crippen LogP) is 4.86. The van der Waals surface area contributed by atoms with E-state index in [1.54, 1.807) is 11.3 Å². The van der Waals surface area contributed by atoms with Crippen LogP contribution in [0.3, 0.4) is 0 Å². The van der Waals surface area contributed by atoms with Gasteiger partial charge in [0.2, 0.25) is 0 Å². The summed E-state index contributed by atoms with van der Waals surface area (Å²) in [6.45, 7) is 0. The molecule has 2 N–H and O–H groups in total. The average molecular weight is 403 g/mol. The van der Waals surface area contributed by atoms with Gasteiger partial charge in [0, 0.05) is 0 Å². The minimum Gasteiger partial charge on any atom is -0.490 e. The Bertz CT molecular complexity index is 595. The second kappa shape index (κ2) is 5.56. The number of halogens is 2. The fourth-order valence-corrected chi connectivity index (χ4v) is 4.83. The first-order valence-electron chi connectivity index (χ1n) is 6.10. The maximum Gasteiger partial charge on any atom is 0.120 e. The molecule has 1 aliphatic rings. The lowest BCUT2D eigenvalue weighted by molar-refractivity contribution is 0.303. The summed E-state index contributed by atoms with van der Waals surface area (Å²) in [7, 11) is 0. The summed E-state index contributed by atoms with van der Waals surface area (Å²) in [4.78, 5) is 0. The van der Waals surface area contributed by atoms with Crippen LogP contribution in [0.4, 0.5) is 0 Å². The van der Waals surface area contributed by atoms with Crippen molar-refractivity contribution in [2.24, 2.45) is 5.73 Å². The first kappa shape index (κ1) is 13.6. The van der Waals surface area contributed by atoms with E-state index in [2.05, 4.69) is 37.9 Å². The molecule has 0 radical (unpaired) electrons. The highest BCUT2D eigenvalue weighted by Crippen LogP contribution is 2.37. The Morgan fingerprint density at radius 1 is 1.26 bits per heavy atom. The van der Waals surface area contributed by atoms with E-state index in [-0.39, 0.29) is 6.04 Å². The van der Waals surface area contributed by atoms with Gasteiger partial charge in [0.25, 0.3) is 0 Å². The first-order chi connectivity index (χ1) is 9.13. The SMILES string of the molecule is NC(c1cccc(OC2CC2)c1)c1cc(Br)sc1Br. The third kappa shape index (κ3) is 3.21. The van der Waals surface area contributed by atoms with Crippen molar-refractivity contribution in [3.63, 3.8) is 0 Å². The van der Waals surface area contributed by atoms with Gasteiger partial charge in [-0.1, -0.05) is 12.1 Å². The molecule has 1 aliphatic carbocycles. The van der Waals surface area contributed by atoms with Gasteiger partial charge in [-0.3, -0.25) is 0 Å². The number of hydrogen-bond donors (Lipinski definition) is 1. The molecule has 1 heterocycles. The van der Waals surface area contributed by atoms with Crippen LogP contribution < -0.4 is 10.5 Å². The van der Waals surface area contributed by atoms with Crippen LogP contribution in [0.2, 0.25) is 0 Å². The molecule has 5 heteroatoms. The monoisotopic (exact) mass is 401 g/mol. The molecule has 0 spiro atoms. The smallest absolute Gasteiger partial charge is 0.120 e. The highest BCUT2D eigenvalue weighted by Gasteiger charge is 2.24. The molecule has 0 saturated heterocycles. The van der Waals surface area contributed by atoms with Crippen LogP contribution in [0, 0.1) is 0 Å². The topological polar surface area (TPSA) is 35.2 Å². The normalized spacial score (nSPS) is 16.4. The number of nitrogens with two attached hydrogens (primary N) is 1. The molecule has 1 aromatic heterocycles. The Kier molecular flexibility index (Phi) is 3.98. The Hall–Kier alpha value is -0.360. The molecule has 1 atom stereocenters. The molecule has 19 heavy (non-hydrogen) atoms. The third-order valence-corrected chi connectivity index (χ3v) is 5.45. The van der Waals surface area contributed by atoms with E-state index in [0.717, 1.165) is 24.4 Å². The summed E-state index contributed by atoms with van der Waals surface area (Å²) < 4.78 is 7.96. The fourth-order valence-electron chi connectivity index (χ4n) is 1.90. The van der Waals surface area contributed by atoms with Crippen LogP contribution in [0.5, 0.6) is 5.75 Å². The minimum absolute atomic E-state index is 0.139. The van der Waals surface area contributed by atoms with Crippen molar-refractivity contribution in [2.75, 3.05) is 0 Å². The molecule has 3 rings (SSSR count). The van der Waals surface area contributed by atoms with Crippen molar-refractivity contribution in [2.45, 2.75) is 25.0 Å². The zero-order chi connectivity index (χ0) is 13.4. The van der Waals surface area contributed by atoms with Crippen LogP contribution in [0.25, 0.3) is 0 Å². The Balaban J connectivity index is 1.85. The summed E-state index contributed by atoms with van der Waals surface area (Å²) in [5.41, 5.74) is 8.52. The molecule has 0 bridgehead atoms. The van der Waals surface area contributed by atoms with Crippen molar-refractivity contribution < 1.29 is 4.74 Å². The Morgan fingerprint density at radius 3 is 2.68 bits per heavy atom. The lowest BCUT2D eigenvalue weighted by Crippen LogP contribution is -2.11. The quantitative estimate of drug-likeness (QED) is 0.792. The molecule has 1 saturated carbocycles. The number of rotatable bonds is 4. The third-order valence-electron chi connectivity index (χ3n) is 3.06. The van der Waals surface area contributed by atoms with Crippen molar-refractivity contribution >= 4 is 43.2 Å². The lowest BCUT2D eigenvalue weighted by Gasteiger charge is -2.13. The van der Waals surface area contributed by atoms with Crippen LogP contribution in [0.15, 0.2) is 37.9 Å². The largest absolute Gasteiger partial charge is 0.490 e. The summed E-state index contributed by atoms with van der Waals surface area (Å²) in [6.07, 6.45) is 2.74. The van der Waals surface area contributed by atoms with Gasteiger partial charge in [0.05, 0.1) is 19.7 Å². The van der Waals surface area contributed by atoms with Crippen molar-refractivity contribution in [1.29, 1.82) is 0 Å². The molecular weight excluding hydrogens is 390 g/mol. The zero-order valence-electron chi connectivity index (χ0n) is 10.1.